The Bertz CT molecular complexity index is 322. The van der Waals surface area contributed by atoms with Crippen LogP contribution in [0.4, 0.5) is 13.2 Å². The van der Waals surface area contributed by atoms with E-state index in [0.717, 1.165) is 32.1 Å². The van der Waals surface area contributed by atoms with Crippen LogP contribution in [-0.2, 0) is 0 Å². The van der Waals surface area contributed by atoms with Crippen LogP contribution in [-0.4, -0.2) is 29.0 Å². The molecule has 1 unspecified atom stereocenters. The van der Waals surface area contributed by atoms with E-state index in [-0.39, 0.29) is 12.3 Å². The van der Waals surface area contributed by atoms with E-state index in [1.165, 1.54) is 0 Å². The Morgan fingerprint density at radius 2 is 1.82 bits per heavy atom. The van der Waals surface area contributed by atoms with Gasteiger partial charge in [-0.3, -0.25) is 0 Å². The van der Waals surface area contributed by atoms with Crippen molar-refractivity contribution in [2.24, 2.45) is 11.8 Å². The van der Waals surface area contributed by atoms with Crippen LogP contribution in [0, 0.1) is 11.8 Å². The highest BCUT2D eigenvalue weighted by Gasteiger charge is 2.67. The van der Waals surface area contributed by atoms with Crippen LogP contribution in [0.2, 0.25) is 0 Å². The molecule has 0 aromatic heterocycles. The van der Waals surface area contributed by atoms with Crippen molar-refractivity contribution < 1.29 is 18.3 Å². The topological polar surface area (TPSA) is 32.3 Å². The zero-order valence-electron chi connectivity index (χ0n) is 9.69. The molecule has 5 heteroatoms. The molecular weight excluding hydrogens is 231 g/mol. The van der Waals surface area contributed by atoms with Gasteiger partial charge in [-0.2, -0.15) is 13.2 Å². The summed E-state index contributed by atoms with van der Waals surface area (Å²) in [6.07, 6.45) is -0.448. The van der Waals surface area contributed by atoms with Crippen LogP contribution < -0.4 is 5.32 Å². The zero-order valence-corrected chi connectivity index (χ0v) is 9.69. The molecule has 0 aromatic carbocycles. The van der Waals surface area contributed by atoms with E-state index in [0.29, 0.717) is 6.54 Å². The van der Waals surface area contributed by atoms with Crippen LogP contribution in [0.25, 0.3) is 0 Å². The third-order valence-electron chi connectivity index (χ3n) is 4.98. The number of nitrogens with one attached hydrogen (secondary N) is 1. The highest BCUT2D eigenvalue weighted by molar-refractivity contribution is 5.15. The van der Waals surface area contributed by atoms with E-state index in [9.17, 15) is 18.3 Å². The molecule has 0 radical (unpaired) electrons. The largest absolute Gasteiger partial charge is 0.417 e. The number of rotatable bonds is 1. The summed E-state index contributed by atoms with van der Waals surface area (Å²) in [6.45, 7) is 0.320. The second kappa shape index (κ2) is 3.38. The van der Waals surface area contributed by atoms with E-state index in [4.69, 9.17) is 0 Å². The first kappa shape index (κ1) is 11.8. The van der Waals surface area contributed by atoms with Crippen molar-refractivity contribution in [3.63, 3.8) is 0 Å². The van der Waals surface area contributed by atoms with Crippen LogP contribution >= 0.6 is 0 Å². The predicted octanol–water partition coefficient (Wildman–Crippen LogP) is 2.22. The fraction of sp³-hybridized carbons (Fsp3) is 1.00. The summed E-state index contributed by atoms with van der Waals surface area (Å²) >= 11 is 0. The molecule has 0 amide bonds. The normalized spacial score (nSPS) is 41.3. The second-order valence-electron chi connectivity index (χ2n) is 6.06. The lowest BCUT2D eigenvalue weighted by Gasteiger charge is -2.50. The number of alkyl halides is 3. The van der Waals surface area contributed by atoms with Crippen LogP contribution in [0.15, 0.2) is 0 Å². The summed E-state index contributed by atoms with van der Waals surface area (Å²) in [5, 5.41) is 13.4. The van der Waals surface area contributed by atoms with Gasteiger partial charge in [-0.1, -0.05) is 19.3 Å². The van der Waals surface area contributed by atoms with Crippen molar-refractivity contribution in [3.8, 4) is 0 Å². The monoisotopic (exact) mass is 249 g/mol. The predicted molar refractivity (Wildman–Crippen MR) is 56.4 cm³/mol. The summed E-state index contributed by atoms with van der Waals surface area (Å²) in [5.74, 6) is -0.604. The number of piperidine rings is 1. The Kier molecular flexibility index (Phi) is 2.34. The van der Waals surface area contributed by atoms with Gasteiger partial charge in [0.05, 0.1) is 0 Å². The van der Waals surface area contributed by atoms with Crippen molar-refractivity contribution in [1.29, 1.82) is 0 Å². The first-order valence-corrected chi connectivity index (χ1v) is 6.41. The molecule has 3 aliphatic rings. The second-order valence-corrected chi connectivity index (χ2v) is 6.06. The fourth-order valence-electron chi connectivity index (χ4n) is 3.42. The Morgan fingerprint density at radius 1 is 1.18 bits per heavy atom. The Morgan fingerprint density at radius 3 is 2.24 bits per heavy atom. The van der Waals surface area contributed by atoms with E-state index >= 15 is 0 Å². The third-order valence-corrected chi connectivity index (χ3v) is 4.98. The number of aliphatic hydroxyl groups is 1. The minimum Gasteiger partial charge on any atom is -0.380 e. The van der Waals surface area contributed by atoms with Crippen molar-refractivity contribution in [2.75, 3.05) is 6.54 Å². The average molecular weight is 249 g/mol. The van der Waals surface area contributed by atoms with Gasteiger partial charge in [0.25, 0.3) is 0 Å². The first-order chi connectivity index (χ1) is 7.86. The van der Waals surface area contributed by atoms with Gasteiger partial charge < -0.3 is 10.4 Å². The minimum absolute atomic E-state index is 0.0465. The highest BCUT2D eigenvalue weighted by Crippen LogP contribution is 2.55. The molecular formula is C12H18F3NO. The van der Waals surface area contributed by atoms with Crippen LogP contribution in [0.1, 0.15) is 38.5 Å². The lowest BCUT2D eigenvalue weighted by atomic mass is 9.64. The van der Waals surface area contributed by atoms with E-state index < -0.39 is 23.2 Å². The van der Waals surface area contributed by atoms with Gasteiger partial charge in [-0.05, 0) is 18.8 Å². The molecule has 1 heterocycles. The van der Waals surface area contributed by atoms with Crippen molar-refractivity contribution in [2.45, 2.75) is 55.8 Å². The van der Waals surface area contributed by atoms with Crippen LogP contribution in [0.5, 0.6) is 0 Å². The molecule has 1 saturated heterocycles. The number of hydrogen-bond donors (Lipinski definition) is 2. The summed E-state index contributed by atoms with van der Waals surface area (Å²) in [6, 6.07) is 0. The van der Waals surface area contributed by atoms with Crippen molar-refractivity contribution in [3.05, 3.63) is 0 Å². The molecule has 0 aromatic rings. The van der Waals surface area contributed by atoms with Gasteiger partial charge in [0.15, 0.2) is 5.60 Å². The highest BCUT2D eigenvalue weighted by atomic mass is 19.4. The summed E-state index contributed by atoms with van der Waals surface area (Å²) in [7, 11) is 0. The average Bonchev–Trinajstić information content (AvgIpc) is 2.86. The van der Waals surface area contributed by atoms with Crippen LogP contribution in [0.3, 0.4) is 0 Å². The maximum atomic E-state index is 13.2. The third kappa shape index (κ3) is 1.70. The van der Waals surface area contributed by atoms with E-state index in [1.807, 2.05) is 0 Å². The van der Waals surface area contributed by atoms with E-state index in [2.05, 4.69) is 5.32 Å². The lowest BCUT2D eigenvalue weighted by Crippen LogP contribution is -2.65. The van der Waals surface area contributed by atoms with Crippen molar-refractivity contribution in [1.82, 2.24) is 5.32 Å². The molecule has 3 rings (SSSR count). The molecule has 17 heavy (non-hydrogen) atoms. The molecule has 2 saturated carbocycles. The van der Waals surface area contributed by atoms with Gasteiger partial charge in [-0.15, -0.1) is 0 Å². The molecule has 98 valence electrons. The Balaban J connectivity index is 1.86. The molecule has 2 atom stereocenters. The maximum Gasteiger partial charge on any atom is 0.417 e. The maximum absolute atomic E-state index is 13.2. The number of hydrogen-bond acceptors (Lipinski definition) is 2. The van der Waals surface area contributed by atoms with Gasteiger partial charge in [0.2, 0.25) is 0 Å². The molecule has 2 aliphatic carbocycles. The van der Waals surface area contributed by atoms with Gasteiger partial charge in [-0.25, -0.2) is 0 Å². The molecule has 2 nitrogen and oxygen atoms in total. The SMILES string of the molecule is O[C@]1(C(F)(F)F)CC2(CC2)NCC1C1CCC1. The minimum atomic E-state index is -4.50. The Hall–Kier alpha value is -0.290. The summed E-state index contributed by atoms with van der Waals surface area (Å²) < 4.78 is 39.6. The van der Waals surface area contributed by atoms with E-state index in [1.54, 1.807) is 0 Å². The summed E-state index contributed by atoms with van der Waals surface area (Å²) in [5.41, 5.74) is -2.87. The molecule has 1 spiro atoms. The molecule has 1 aliphatic heterocycles. The first-order valence-electron chi connectivity index (χ1n) is 6.41. The smallest absolute Gasteiger partial charge is 0.380 e. The fourth-order valence-corrected chi connectivity index (χ4v) is 3.42. The quantitative estimate of drug-likeness (QED) is 0.747. The summed E-state index contributed by atoms with van der Waals surface area (Å²) in [4.78, 5) is 0. The lowest BCUT2D eigenvalue weighted by molar-refractivity contribution is -0.299. The standard InChI is InChI=1S/C12H18F3NO/c13-12(14,15)11(17)7-10(4-5-10)16-6-9(11)8-2-1-3-8/h8-9,16-17H,1-7H2/t9?,11-/m1/s1. The van der Waals surface area contributed by atoms with Gasteiger partial charge in [0.1, 0.15) is 0 Å². The number of halogens is 3. The van der Waals surface area contributed by atoms with Gasteiger partial charge in [0, 0.05) is 24.4 Å². The molecule has 2 N–H and O–H groups in total. The Labute approximate surface area is 98.6 Å². The van der Waals surface area contributed by atoms with Crippen molar-refractivity contribution >= 4 is 0 Å². The molecule has 0 bridgehead atoms. The molecule has 3 fully saturated rings. The zero-order chi connectivity index (χ0) is 12.3. The van der Waals surface area contributed by atoms with Gasteiger partial charge >= 0.3 is 6.18 Å².